The molecule has 0 aromatic heterocycles. The number of nitrogens with one attached hydrogen (secondary N) is 1. The van der Waals surface area contributed by atoms with E-state index in [9.17, 15) is 14.0 Å². The van der Waals surface area contributed by atoms with Crippen molar-refractivity contribution in [2.75, 3.05) is 11.1 Å². The number of nitrogens with two attached hydrogens (primary N) is 1. The zero-order chi connectivity index (χ0) is 15.6. The van der Waals surface area contributed by atoms with Gasteiger partial charge in [-0.15, -0.1) is 0 Å². The third kappa shape index (κ3) is 3.17. The van der Waals surface area contributed by atoms with Crippen LogP contribution in [0.25, 0.3) is 0 Å². The van der Waals surface area contributed by atoms with Crippen molar-refractivity contribution in [3.8, 4) is 0 Å². The molecular weight excluding hydrogens is 275 g/mol. The zero-order valence-corrected chi connectivity index (χ0v) is 11.2. The molecule has 0 aliphatic heterocycles. The van der Waals surface area contributed by atoms with E-state index in [1.165, 1.54) is 30.3 Å². The standard InChI is InChI=1S/C15H13FN2O3/c1-8-6-10(3-5-11(8)15(20)21)18-14(19)12-4-2-9(17)7-13(12)16/h2-7H,17H2,1H3,(H,18,19)(H,20,21). The maximum atomic E-state index is 13.6. The van der Waals surface area contributed by atoms with Crippen LogP contribution in [0.3, 0.4) is 0 Å². The van der Waals surface area contributed by atoms with E-state index in [0.717, 1.165) is 6.07 Å². The van der Waals surface area contributed by atoms with Crippen molar-refractivity contribution in [2.24, 2.45) is 0 Å². The summed E-state index contributed by atoms with van der Waals surface area (Å²) in [6.07, 6.45) is 0. The molecule has 2 aromatic carbocycles. The van der Waals surface area contributed by atoms with Gasteiger partial charge in [-0.2, -0.15) is 0 Å². The average molecular weight is 288 g/mol. The summed E-state index contributed by atoms with van der Waals surface area (Å²) in [6.45, 7) is 1.61. The fraction of sp³-hybridized carbons (Fsp3) is 0.0667. The van der Waals surface area contributed by atoms with E-state index in [2.05, 4.69) is 5.32 Å². The monoisotopic (exact) mass is 288 g/mol. The van der Waals surface area contributed by atoms with E-state index in [4.69, 9.17) is 10.8 Å². The van der Waals surface area contributed by atoms with E-state index in [1.807, 2.05) is 0 Å². The molecular formula is C15H13FN2O3. The van der Waals surface area contributed by atoms with Crippen LogP contribution in [0.4, 0.5) is 15.8 Å². The predicted molar refractivity (Wildman–Crippen MR) is 76.9 cm³/mol. The molecule has 5 nitrogen and oxygen atoms in total. The molecule has 0 fully saturated rings. The SMILES string of the molecule is Cc1cc(NC(=O)c2ccc(N)cc2F)ccc1C(=O)O. The first kappa shape index (κ1) is 14.5. The number of carboxylic acid groups (broad SMARTS) is 1. The number of carbonyl (C=O) groups excluding carboxylic acids is 1. The number of rotatable bonds is 3. The number of benzene rings is 2. The lowest BCUT2D eigenvalue weighted by atomic mass is 10.1. The molecule has 0 aliphatic carbocycles. The number of hydrogen-bond acceptors (Lipinski definition) is 3. The van der Waals surface area contributed by atoms with Gasteiger partial charge in [-0.05, 0) is 48.9 Å². The number of aromatic carboxylic acids is 1. The molecule has 6 heteroatoms. The van der Waals surface area contributed by atoms with Crippen LogP contribution in [0.1, 0.15) is 26.3 Å². The first-order valence-electron chi connectivity index (χ1n) is 6.09. The van der Waals surface area contributed by atoms with Crippen LogP contribution in [0.2, 0.25) is 0 Å². The Balaban J connectivity index is 2.23. The summed E-state index contributed by atoms with van der Waals surface area (Å²) in [5, 5.41) is 11.4. The molecule has 0 radical (unpaired) electrons. The summed E-state index contributed by atoms with van der Waals surface area (Å²) in [5.74, 6) is -2.39. The predicted octanol–water partition coefficient (Wildman–Crippen LogP) is 2.67. The Hall–Kier alpha value is -2.89. The quantitative estimate of drug-likeness (QED) is 0.757. The van der Waals surface area contributed by atoms with Crippen molar-refractivity contribution in [1.82, 2.24) is 0 Å². The highest BCUT2D eigenvalue weighted by atomic mass is 19.1. The summed E-state index contributed by atoms with van der Waals surface area (Å²) in [5.41, 5.74) is 6.54. The summed E-state index contributed by atoms with van der Waals surface area (Å²) in [4.78, 5) is 22.9. The van der Waals surface area contributed by atoms with Crippen molar-refractivity contribution >= 4 is 23.3 Å². The molecule has 0 heterocycles. The molecule has 0 unspecified atom stereocenters. The Morgan fingerprint density at radius 1 is 1.14 bits per heavy atom. The van der Waals surface area contributed by atoms with E-state index in [-0.39, 0.29) is 16.8 Å². The highest BCUT2D eigenvalue weighted by Crippen LogP contribution is 2.18. The molecule has 1 amide bonds. The maximum Gasteiger partial charge on any atom is 0.335 e. The lowest BCUT2D eigenvalue weighted by Crippen LogP contribution is -2.14. The largest absolute Gasteiger partial charge is 0.478 e. The minimum absolute atomic E-state index is 0.135. The van der Waals surface area contributed by atoms with Gasteiger partial charge in [-0.3, -0.25) is 4.79 Å². The lowest BCUT2D eigenvalue weighted by molar-refractivity contribution is 0.0696. The van der Waals surface area contributed by atoms with Gasteiger partial charge in [0.25, 0.3) is 5.91 Å². The Morgan fingerprint density at radius 2 is 1.81 bits per heavy atom. The van der Waals surface area contributed by atoms with E-state index < -0.39 is 17.7 Å². The van der Waals surface area contributed by atoms with Crippen LogP contribution in [0.15, 0.2) is 36.4 Å². The molecule has 2 rings (SSSR count). The van der Waals surface area contributed by atoms with Gasteiger partial charge >= 0.3 is 5.97 Å². The van der Waals surface area contributed by atoms with Crippen molar-refractivity contribution in [3.05, 3.63) is 58.9 Å². The van der Waals surface area contributed by atoms with Crippen LogP contribution in [0, 0.1) is 12.7 Å². The smallest absolute Gasteiger partial charge is 0.335 e. The van der Waals surface area contributed by atoms with Crippen molar-refractivity contribution in [2.45, 2.75) is 6.92 Å². The van der Waals surface area contributed by atoms with Crippen molar-refractivity contribution < 1.29 is 19.1 Å². The van der Waals surface area contributed by atoms with Crippen molar-refractivity contribution in [1.29, 1.82) is 0 Å². The van der Waals surface area contributed by atoms with Gasteiger partial charge in [-0.25, -0.2) is 9.18 Å². The highest BCUT2D eigenvalue weighted by molar-refractivity contribution is 6.05. The van der Waals surface area contributed by atoms with Gasteiger partial charge in [0, 0.05) is 11.4 Å². The normalized spacial score (nSPS) is 10.2. The second-order valence-corrected chi connectivity index (χ2v) is 4.53. The number of aryl methyl sites for hydroxylation is 1. The van der Waals surface area contributed by atoms with E-state index in [0.29, 0.717) is 11.3 Å². The Bertz CT molecular complexity index is 729. The van der Waals surface area contributed by atoms with Gasteiger partial charge in [0.1, 0.15) is 5.82 Å². The number of carboxylic acids is 1. The topological polar surface area (TPSA) is 92.4 Å². The van der Waals surface area contributed by atoms with Crippen LogP contribution in [0.5, 0.6) is 0 Å². The van der Waals surface area contributed by atoms with Gasteiger partial charge < -0.3 is 16.2 Å². The minimum Gasteiger partial charge on any atom is -0.478 e. The Kier molecular flexibility index (Phi) is 3.89. The van der Waals surface area contributed by atoms with Gasteiger partial charge in [0.2, 0.25) is 0 Å². The molecule has 0 saturated heterocycles. The Morgan fingerprint density at radius 3 is 2.38 bits per heavy atom. The van der Waals surface area contributed by atoms with Crippen LogP contribution >= 0.6 is 0 Å². The summed E-state index contributed by atoms with van der Waals surface area (Å²) in [7, 11) is 0. The number of anilines is 2. The second kappa shape index (κ2) is 5.62. The number of carbonyl (C=O) groups is 2. The fourth-order valence-electron chi connectivity index (χ4n) is 1.90. The maximum absolute atomic E-state index is 13.6. The first-order valence-corrected chi connectivity index (χ1v) is 6.09. The third-order valence-corrected chi connectivity index (χ3v) is 2.95. The first-order chi connectivity index (χ1) is 9.88. The summed E-state index contributed by atoms with van der Waals surface area (Å²) < 4.78 is 13.6. The molecule has 108 valence electrons. The highest BCUT2D eigenvalue weighted by Gasteiger charge is 2.13. The van der Waals surface area contributed by atoms with E-state index in [1.54, 1.807) is 6.92 Å². The second-order valence-electron chi connectivity index (χ2n) is 4.53. The number of hydrogen-bond donors (Lipinski definition) is 3. The molecule has 0 atom stereocenters. The lowest BCUT2D eigenvalue weighted by Gasteiger charge is -2.08. The van der Waals surface area contributed by atoms with Crippen LogP contribution in [-0.2, 0) is 0 Å². The summed E-state index contributed by atoms with van der Waals surface area (Å²) in [6, 6.07) is 8.12. The van der Waals surface area contributed by atoms with E-state index >= 15 is 0 Å². The molecule has 21 heavy (non-hydrogen) atoms. The average Bonchev–Trinajstić information content (AvgIpc) is 2.37. The molecule has 4 N–H and O–H groups in total. The molecule has 2 aromatic rings. The fourth-order valence-corrected chi connectivity index (χ4v) is 1.90. The van der Waals surface area contributed by atoms with Gasteiger partial charge in [0.15, 0.2) is 0 Å². The van der Waals surface area contributed by atoms with Crippen molar-refractivity contribution in [3.63, 3.8) is 0 Å². The number of amides is 1. The molecule has 0 spiro atoms. The van der Waals surface area contributed by atoms with Crippen LogP contribution in [-0.4, -0.2) is 17.0 Å². The number of halogens is 1. The zero-order valence-electron chi connectivity index (χ0n) is 11.2. The number of nitrogen functional groups attached to an aromatic ring is 1. The molecule has 0 saturated carbocycles. The third-order valence-electron chi connectivity index (χ3n) is 2.95. The molecule has 0 bridgehead atoms. The van der Waals surface area contributed by atoms with Gasteiger partial charge in [-0.1, -0.05) is 0 Å². The Labute approximate surface area is 120 Å². The molecule has 0 aliphatic rings. The van der Waals surface area contributed by atoms with Gasteiger partial charge in [0.05, 0.1) is 11.1 Å². The minimum atomic E-state index is -1.05. The van der Waals surface area contributed by atoms with Crippen LogP contribution < -0.4 is 11.1 Å². The summed E-state index contributed by atoms with van der Waals surface area (Å²) >= 11 is 0.